The number of carboxylic acid groups (broad SMARTS) is 2. The van der Waals surface area contributed by atoms with E-state index >= 15 is 0 Å². The van der Waals surface area contributed by atoms with Crippen molar-refractivity contribution in [3.8, 4) is 11.1 Å². The molecule has 0 spiro atoms. The van der Waals surface area contributed by atoms with Gasteiger partial charge in [0.25, 0.3) is 0 Å². The van der Waals surface area contributed by atoms with Gasteiger partial charge in [-0.05, 0) is 58.5 Å². The highest BCUT2D eigenvalue weighted by molar-refractivity contribution is 6.30. The lowest BCUT2D eigenvalue weighted by Gasteiger charge is -2.23. The summed E-state index contributed by atoms with van der Waals surface area (Å²) in [5.74, 6) is -3.67. The SMILES string of the molecule is O=C(O)C(F)(F)F.O=C(O)c1ccc(-c2ccc(CN(CCc3ccccc3)Cc3ccc(Cl)cc3)cc2)cc1. The van der Waals surface area contributed by atoms with Gasteiger partial charge in [0.2, 0.25) is 0 Å². The Balaban J connectivity index is 0.000000559. The highest BCUT2D eigenvalue weighted by Crippen LogP contribution is 2.22. The minimum Gasteiger partial charge on any atom is -0.478 e. The smallest absolute Gasteiger partial charge is 0.478 e. The highest BCUT2D eigenvalue weighted by Gasteiger charge is 2.38. The van der Waals surface area contributed by atoms with E-state index in [1.807, 2.05) is 30.3 Å². The van der Waals surface area contributed by atoms with Gasteiger partial charge in [0.15, 0.2) is 0 Å². The summed E-state index contributed by atoms with van der Waals surface area (Å²) in [7, 11) is 0. The molecule has 2 N–H and O–H groups in total. The van der Waals surface area contributed by atoms with E-state index in [9.17, 15) is 18.0 Å². The molecular formula is C31H27ClF3NO4. The minimum atomic E-state index is -5.08. The number of hydrogen-bond donors (Lipinski definition) is 2. The van der Waals surface area contributed by atoms with Crippen LogP contribution in [-0.2, 0) is 24.3 Å². The number of benzene rings is 4. The lowest BCUT2D eigenvalue weighted by Crippen LogP contribution is -2.25. The number of carboxylic acids is 2. The molecule has 0 saturated heterocycles. The molecule has 0 heterocycles. The van der Waals surface area contributed by atoms with E-state index < -0.39 is 18.1 Å². The fraction of sp³-hybridized carbons (Fsp3) is 0.161. The Labute approximate surface area is 235 Å². The average molecular weight is 570 g/mol. The van der Waals surface area contributed by atoms with Crippen LogP contribution in [0.2, 0.25) is 5.02 Å². The zero-order valence-corrected chi connectivity index (χ0v) is 22.1. The van der Waals surface area contributed by atoms with Crippen LogP contribution in [0, 0.1) is 0 Å². The van der Waals surface area contributed by atoms with Gasteiger partial charge in [-0.1, -0.05) is 90.5 Å². The van der Waals surface area contributed by atoms with Gasteiger partial charge in [0.05, 0.1) is 5.56 Å². The molecule has 0 unspecified atom stereocenters. The molecule has 208 valence electrons. The van der Waals surface area contributed by atoms with E-state index in [0.717, 1.165) is 42.2 Å². The van der Waals surface area contributed by atoms with Crippen molar-refractivity contribution in [1.29, 1.82) is 0 Å². The van der Waals surface area contributed by atoms with Crippen LogP contribution >= 0.6 is 11.6 Å². The Bertz CT molecular complexity index is 1380. The summed E-state index contributed by atoms with van der Waals surface area (Å²) >= 11 is 6.07. The first-order chi connectivity index (χ1) is 19.0. The fourth-order valence-corrected chi connectivity index (χ4v) is 3.99. The standard InChI is InChI=1S/C29H26ClNO2.C2HF3O2/c30-28-16-8-24(9-17-28)21-31(19-18-22-4-2-1-3-5-22)20-23-6-10-25(11-7-23)26-12-14-27(15-13-26)29(32)33;3-2(4,5)1(6)7/h1-17H,18-21H2,(H,32,33);(H,6,7). The second kappa shape index (κ2) is 14.3. The number of halogens is 4. The number of aromatic carboxylic acids is 1. The Morgan fingerprint density at radius 2 is 1.12 bits per heavy atom. The molecule has 0 radical (unpaired) electrons. The lowest BCUT2D eigenvalue weighted by molar-refractivity contribution is -0.192. The topological polar surface area (TPSA) is 77.8 Å². The van der Waals surface area contributed by atoms with Crippen LogP contribution in [0.5, 0.6) is 0 Å². The summed E-state index contributed by atoms with van der Waals surface area (Å²) in [6, 6.07) is 34.1. The van der Waals surface area contributed by atoms with Crippen LogP contribution in [0.1, 0.15) is 27.0 Å². The van der Waals surface area contributed by atoms with E-state index in [4.69, 9.17) is 26.6 Å². The molecule has 4 rings (SSSR count). The van der Waals surface area contributed by atoms with Crippen molar-refractivity contribution in [1.82, 2.24) is 4.90 Å². The molecule has 0 aliphatic rings. The average Bonchev–Trinajstić information content (AvgIpc) is 2.94. The summed E-state index contributed by atoms with van der Waals surface area (Å²) in [6.45, 7) is 2.64. The molecule has 0 aliphatic carbocycles. The van der Waals surface area contributed by atoms with Crippen LogP contribution in [0.15, 0.2) is 103 Å². The van der Waals surface area contributed by atoms with Crippen LogP contribution in [0.3, 0.4) is 0 Å². The normalized spacial score (nSPS) is 11.0. The first kappa shape index (κ1) is 30.4. The van der Waals surface area contributed by atoms with E-state index in [0.29, 0.717) is 5.56 Å². The van der Waals surface area contributed by atoms with Crippen molar-refractivity contribution in [3.05, 3.63) is 130 Å². The van der Waals surface area contributed by atoms with Crippen LogP contribution in [0.4, 0.5) is 13.2 Å². The first-order valence-electron chi connectivity index (χ1n) is 12.2. The van der Waals surface area contributed by atoms with Crippen LogP contribution in [0.25, 0.3) is 11.1 Å². The summed E-state index contributed by atoms with van der Waals surface area (Å²) < 4.78 is 31.7. The molecule has 4 aromatic rings. The molecule has 5 nitrogen and oxygen atoms in total. The second-order valence-corrected chi connectivity index (χ2v) is 9.39. The van der Waals surface area contributed by atoms with Gasteiger partial charge in [0, 0.05) is 24.7 Å². The van der Waals surface area contributed by atoms with Gasteiger partial charge in [-0.25, -0.2) is 9.59 Å². The molecule has 0 atom stereocenters. The third-order valence-corrected chi connectivity index (χ3v) is 6.20. The summed E-state index contributed by atoms with van der Waals surface area (Å²) in [5, 5.41) is 17.0. The summed E-state index contributed by atoms with van der Waals surface area (Å²) in [4.78, 5) is 22.4. The molecule has 40 heavy (non-hydrogen) atoms. The van der Waals surface area contributed by atoms with E-state index in [1.54, 1.807) is 12.1 Å². The number of nitrogens with zero attached hydrogens (tertiary/aromatic N) is 1. The third-order valence-electron chi connectivity index (χ3n) is 5.95. The number of hydrogen-bond acceptors (Lipinski definition) is 3. The Hall–Kier alpha value is -4.14. The highest BCUT2D eigenvalue weighted by atomic mass is 35.5. The van der Waals surface area contributed by atoms with E-state index in [-0.39, 0.29) is 0 Å². The predicted molar refractivity (Wildman–Crippen MR) is 148 cm³/mol. The molecule has 9 heteroatoms. The Morgan fingerprint density at radius 1 is 0.675 bits per heavy atom. The maximum atomic E-state index is 11.1. The van der Waals surface area contributed by atoms with Gasteiger partial charge >= 0.3 is 18.1 Å². The lowest BCUT2D eigenvalue weighted by atomic mass is 10.0. The van der Waals surface area contributed by atoms with Crippen molar-refractivity contribution in [2.45, 2.75) is 25.7 Å². The van der Waals surface area contributed by atoms with Crippen molar-refractivity contribution in [2.24, 2.45) is 0 Å². The van der Waals surface area contributed by atoms with E-state index in [1.165, 1.54) is 16.7 Å². The van der Waals surface area contributed by atoms with Crippen molar-refractivity contribution in [3.63, 3.8) is 0 Å². The zero-order chi connectivity index (χ0) is 29.1. The number of rotatable bonds is 9. The number of aliphatic carboxylic acids is 1. The first-order valence-corrected chi connectivity index (χ1v) is 12.6. The Kier molecular flexibility index (Phi) is 10.9. The van der Waals surface area contributed by atoms with Gasteiger partial charge in [-0.2, -0.15) is 13.2 Å². The third kappa shape index (κ3) is 9.87. The molecule has 4 aromatic carbocycles. The number of carbonyl (C=O) groups is 2. The summed E-state index contributed by atoms with van der Waals surface area (Å²) in [6.07, 6.45) is -4.09. The predicted octanol–water partition coefficient (Wildman–Crippen LogP) is 7.58. The maximum Gasteiger partial charge on any atom is 0.490 e. The molecule has 0 saturated carbocycles. The van der Waals surface area contributed by atoms with Crippen molar-refractivity contribution >= 4 is 23.5 Å². The molecular weight excluding hydrogens is 543 g/mol. The maximum absolute atomic E-state index is 11.1. The van der Waals surface area contributed by atoms with Gasteiger partial charge < -0.3 is 10.2 Å². The monoisotopic (exact) mass is 569 g/mol. The van der Waals surface area contributed by atoms with Gasteiger partial charge in [0.1, 0.15) is 0 Å². The number of alkyl halides is 3. The molecule has 0 aromatic heterocycles. The zero-order valence-electron chi connectivity index (χ0n) is 21.3. The molecule has 0 fully saturated rings. The van der Waals surface area contributed by atoms with Crippen LogP contribution < -0.4 is 0 Å². The Morgan fingerprint density at radius 3 is 1.57 bits per heavy atom. The minimum absolute atomic E-state index is 0.298. The van der Waals surface area contributed by atoms with Crippen LogP contribution in [-0.4, -0.2) is 39.8 Å². The second-order valence-electron chi connectivity index (χ2n) is 8.96. The summed E-state index contributed by atoms with van der Waals surface area (Å²) in [5.41, 5.74) is 6.19. The molecule has 0 amide bonds. The van der Waals surface area contributed by atoms with Gasteiger partial charge in [-0.3, -0.25) is 4.90 Å². The van der Waals surface area contributed by atoms with E-state index in [2.05, 4.69) is 65.6 Å². The quantitative estimate of drug-likeness (QED) is 0.217. The van der Waals surface area contributed by atoms with Crippen molar-refractivity contribution in [2.75, 3.05) is 6.54 Å². The largest absolute Gasteiger partial charge is 0.490 e. The molecule has 0 bridgehead atoms. The van der Waals surface area contributed by atoms with Gasteiger partial charge in [-0.15, -0.1) is 0 Å². The molecule has 0 aliphatic heterocycles. The van der Waals surface area contributed by atoms with Crippen molar-refractivity contribution < 1.29 is 33.0 Å². The fourth-order valence-electron chi connectivity index (χ4n) is 3.86.